The molecule has 2 saturated carbocycles. The van der Waals surface area contributed by atoms with Crippen LogP contribution in [0.15, 0.2) is 18.2 Å². The highest BCUT2D eigenvalue weighted by molar-refractivity contribution is 6.01. The Labute approximate surface area is 603 Å². The molecule has 8 rings (SSSR count). The van der Waals surface area contributed by atoms with E-state index in [1.807, 2.05) is 27.7 Å². The molecule has 25 nitrogen and oxygen atoms in total. The van der Waals surface area contributed by atoms with Gasteiger partial charge < -0.3 is 64.8 Å². The Morgan fingerprint density at radius 3 is 1.85 bits per heavy atom. The average Bonchev–Trinajstić information content (AvgIpc) is 1.76. The number of hydrogen-bond acceptors (Lipinski definition) is 13. The minimum Gasteiger partial charge on any atom is -0.377 e. The van der Waals surface area contributed by atoms with E-state index in [-0.39, 0.29) is 114 Å². The molecule has 0 radical (unpaired) electrons. The second-order valence-corrected chi connectivity index (χ2v) is 30.9. The van der Waals surface area contributed by atoms with Crippen molar-refractivity contribution < 1.29 is 79.8 Å². The zero-order valence-electron chi connectivity index (χ0n) is 62.6. The molecule has 103 heavy (non-hydrogen) atoms. The summed E-state index contributed by atoms with van der Waals surface area (Å²) in [7, 11) is 8.55. The van der Waals surface area contributed by atoms with Crippen molar-refractivity contribution in [2.45, 2.75) is 261 Å². The Balaban J connectivity index is 1.18. The number of nitrogens with zero attached hydrogens (tertiary/aromatic N) is 9. The first-order valence-corrected chi connectivity index (χ1v) is 37.4. The Morgan fingerprint density at radius 2 is 1.27 bits per heavy atom. The first-order chi connectivity index (χ1) is 48.6. The van der Waals surface area contributed by atoms with Gasteiger partial charge in [0.1, 0.15) is 65.7 Å². The minimum absolute atomic E-state index is 0.00193. The molecule has 7 fully saturated rings. The van der Waals surface area contributed by atoms with Gasteiger partial charge in [0.05, 0.1) is 43.8 Å². The number of halogens is 4. The van der Waals surface area contributed by atoms with Gasteiger partial charge in [-0.15, -0.1) is 0 Å². The molecule has 1 aromatic rings. The third kappa shape index (κ3) is 18.3. The lowest BCUT2D eigenvalue weighted by Crippen LogP contribution is -2.65. The summed E-state index contributed by atoms with van der Waals surface area (Å²) in [6.45, 7) is 12.4. The third-order valence-corrected chi connectivity index (χ3v) is 23.5. The molecule has 574 valence electrons. The Kier molecular flexibility index (Phi) is 27.3. The first-order valence-electron chi connectivity index (χ1n) is 37.4. The van der Waals surface area contributed by atoms with E-state index in [2.05, 4.69) is 16.0 Å². The number of morpholine rings is 1. The van der Waals surface area contributed by atoms with Crippen LogP contribution in [0.5, 0.6) is 0 Å². The van der Waals surface area contributed by atoms with Crippen LogP contribution < -0.4 is 16.0 Å². The predicted octanol–water partition coefficient (Wildman–Crippen LogP) is 5.28. The molecule has 12 amide bonds. The van der Waals surface area contributed by atoms with Gasteiger partial charge in [0.2, 0.25) is 70.9 Å². The molecule has 2 bridgehead atoms. The lowest BCUT2D eigenvalue weighted by molar-refractivity contribution is -0.160. The van der Waals surface area contributed by atoms with Crippen molar-refractivity contribution in [3.05, 3.63) is 35.1 Å². The van der Waals surface area contributed by atoms with Crippen LogP contribution in [0.2, 0.25) is 0 Å². The Hall–Kier alpha value is -7.46. The predicted molar refractivity (Wildman–Crippen MR) is 373 cm³/mol. The molecule has 5 aliphatic heterocycles. The van der Waals surface area contributed by atoms with Crippen molar-refractivity contribution in [2.24, 2.45) is 23.7 Å². The van der Waals surface area contributed by atoms with E-state index < -0.39 is 173 Å². The molecule has 3 N–H and O–H groups in total. The largest absolute Gasteiger partial charge is 0.419 e. The summed E-state index contributed by atoms with van der Waals surface area (Å²) in [5.41, 5.74) is -3.07. The second kappa shape index (κ2) is 34.6. The van der Waals surface area contributed by atoms with Gasteiger partial charge in [-0.05, 0) is 119 Å². The normalized spacial score (nSPS) is 29.5. The maximum absolute atomic E-state index is 15.7. The number of benzene rings is 1. The highest BCUT2D eigenvalue weighted by atomic mass is 19.4. The molecule has 0 aromatic heterocycles. The van der Waals surface area contributed by atoms with Gasteiger partial charge in [-0.1, -0.05) is 105 Å². The summed E-state index contributed by atoms with van der Waals surface area (Å²) in [5, 5.41) is 8.69. The van der Waals surface area contributed by atoms with E-state index in [9.17, 15) is 37.1 Å². The standard InChI is InChI=1S/C74H112F4N12O13/c1-14-44(5)61-70(100)83(9)46(7)65(95)89-35-31-55(89)68(98)85(11)57(38-47-22-17-16-18-23-47)67(97)82(8)40-59(91)79-53(30-26-48-25-29-51(52(75)37-48)74(76,77)78)66(96)88-34-21-24-54(88)64(94)81-73(32-19-20-33-73)72(102)87(13)62(45(6)15-2)71(101)86(12)58(69(99)90-49-27-28-50(90)42-103-41-49)39-60(92)84(10)56(36-43(3)4)63(93)80-61/h25,29,37,43-47,49-50,53-58,61-62H,14-24,26-28,30-36,38-42H2,1-13H3,(H,79,91)(H,80,93)(H,81,94)/t44-,45-,46-,49?,50?,53-,54-,55-,56-,57-,58-,61-,62-/m0/s1. The van der Waals surface area contributed by atoms with Gasteiger partial charge in [-0.2, -0.15) is 13.2 Å². The Morgan fingerprint density at radius 1 is 0.641 bits per heavy atom. The number of alkyl halides is 3. The van der Waals surface area contributed by atoms with Gasteiger partial charge in [0.15, 0.2) is 0 Å². The molecule has 2 unspecified atom stereocenters. The van der Waals surface area contributed by atoms with Gasteiger partial charge >= 0.3 is 6.18 Å². The maximum Gasteiger partial charge on any atom is 0.419 e. The highest BCUT2D eigenvalue weighted by Crippen LogP contribution is 2.38. The molecular formula is C74H112F4N12O13. The number of amides is 12. The van der Waals surface area contributed by atoms with Crippen molar-refractivity contribution >= 4 is 70.9 Å². The van der Waals surface area contributed by atoms with Crippen LogP contribution in [0.4, 0.5) is 17.6 Å². The van der Waals surface area contributed by atoms with Crippen LogP contribution in [-0.2, 0) is 74.9 Å². The summed E-state index contributed by atoms with van der Waals surface area (Å²) in [5.74, 6) is -10.8. The number of fused-ring (bicyclic) bond motifs is 4. The number of rotatable bonds is 12. The van der Waals surface area contributed by atoms with Crippen molar-refractivity contribution in [2.75, 3.05) is 75.1 Å². The van der Waals surface area contributed by atoms with E-state index in [0.717, 1.165) is 43.1 Å². The zero-order valence-corrected chi connectivity index (χ0v) is 62.6. The fourth-order valence-electron chi connectivity index (χ4n) is 16.5. The SMILES string of the molecule is CC[C@H](C)[C@@H]1NC(=O)[C@H](CC(C)C)N(C)C(=O)C[C@@H](C(=O)N2C3CCC2COC3)N(C)C(=O)[C@H]([C@@H](C)CC)N(C)C(=O)C2(CCCC2)NC(=O)[C@@H]2CCCN2C(=O)[C@H](CCc2ccc(C(F)(F)F)c(F)c2)NC(=O)CN(C)C(=O)[C@H](CC2CCCCC2)N(C)C(=O)[C@@H]2CCN2C(=O)[C@H](C)N(C)C1=O. The van der Waals surface area contributed by atoms with Crippen LogP contribution in [0.25, 0.3) is 0 Å². The maximum atomic E-state index is 15.7. The Bertz CT molecular complexity index is 3280. The lowest BCUT2D eigenvalue weighted by atomic mass is 9.84. The number of hydrogen-bond donors (Lipinski definition) is 3. The molecule has 1 aromatic carbocycles. The van der Waals surface area contributed by atoms with Crippen LogP contribution in [0, 0.1) is 29.5 Å². The molecule has 29 heteroatoms. The number of carbonyl (C=O) groups excluding carboxylic acids is 12. The van der Waals surface area contributed by atoms with Gasteiger partial charge in [-0.3, -0.25) is 57.5 Å². The highest BCUT2D eigenvalue weighted by Gasteiger charge is 2.53. The van der Waals surface area contributed by atoms with E-state index in [1.54, 1.807) is 18.7 Å². The van der Waals surface area contributed by atoms with Gasteiger partial charge in [-0.25, -0.2) is 4.39 Å². The summed E-state index contributed by atoms with van der Waals surface area (Å²) in [6, 6.07) is -9.72. The summed E-state index contributed by atoms with van der Waals surface area (Å²) >= 11 is 0. The monoisotopic (exact) mass is 1450 g/mol. The van der Waals surface area contributed by atoms with Crippen LogP contribution >= 0.6 is 0 Å². The van der Waals surface area contributed by atoms with Crippen molar-refractivity contribution in [3.63, 3.8) is 0 Å². The minimum atomic E-state index is -5.01. The van der Waals surface area contributed by atoms with Crippen LogP contribution in [0.1, 0.15) is 188 Å². The van der Waals surface area contributed by atoms with E-state index in [1.165, 1.54) is 83.5 Å². The number of carbonyl (C=O) groups is 12. The molecule has 1 spiro atoms. The average molecular weight is 1450 g/mol. The molecule has 7 aliphatic rings. The smallest absolute Gasteiger partial charge is 0.377 e. The summed E-state index contributed by atoms with van der Waals surface area (Å²) in [4.78, 5) is 193. The molecular weight excluding hydrogens is 1340 g/mol. The lowest BCUT2D eigenvalue weighted by Gasteiger charge is -2.45. The van der Waals surface area contributed by atoms with E-state index >= 15 is 38.0 Å². The third-order valence-electron chi connectivity index (χ3n) is 23.5. The number of aryl methyl sites for hydroxylation is 1. The molecule has 5 heterocycles. The number of nitrogens with one attached hydrogen (secondary N) is 3. The summed E-state index contributed by atoms with van der Waals surface area (Å²) in [6.07, 6.45) is 2.23. The zero-order chi connectivity index (χ0) is 75.9. The van der Waals surface area contributed by atoms with Gasteiger partial charge in [0.25, 0.3) is 0 Å². The van der Waals surface area contributed by atoms with Crippen LogP contribution in [-0.4, -0.2) is 262 Å². The van der Waals surface area contributed by atoms with Crippen molar-refractivity contribution in [1.82, 2.24) is 60.0 Å². The second-order valence-electron chi connectivity index (χ2n) is 30.9. The van der Waals surface area contributed by atoms with E-state index in [0.29, 0.717) is 50.7 Å². The van der Waals surface area contributed by atoms with Crippen LogP contribution in [0.3, 0.4) is 0 Å². The summed E-state index contributed by atoms with van der Waals surface area (Å²) < 4.78 is 62.2. The molecule has 2 aliphatic carbocycles. The molecule has 13 atom stereocenters. The molecule has 5 saturated heterocycles. The van der Waals surface area contributed by atoms with E-state index in [4.69, 9.17) is 4.74 Å². The number of likely N-dealkylation sites (N-methyl/N-ethyl adjacent to an activating group) is 6. The fraction of sp³-hybridized carbons (Fsp3) is 0.757. The first kappa shape index (κ1) is 81.2. The van der Waals surface area contributed by atoms with Gasteiger partial charge in [0, 0.05) is 55.4 Å². The fourth-order valence-corrected chi connectivity index (χ4v) is 16.5. The number of ether oxygens (including phenoxy) is 1. The van der Waals surface area contributed by atoms with Crippen molar-refractivity contribution in [1.29, 1.82) is 0 Å². The topological polar surface area (TPSA) is 279 Å². The van der Waals surface area contributed by atoms with Crippen molar-refractivity contribution in [3.8, 4) is 0 Å². The quantitative estimate of drug-likeness (QED) is 0.225.